The molecule has 1 aromatic rings. The highest BCUT2D eigenvalue weighted by Crippen LogP contribution is 2.36. The first-order valence-electron chi connectivity index (χ1n) is 6.87. The molecule has 2 aliphatic rings. The number of carbonyl (C=O) groups excluding carboxylic acids is 1. The van der Waals surface area contributed by atoms with Gasteiger partial charge in [-0.3, -0.25) is 4.79 Å². The van der Waals surface area contributed by atoms with Gasteiger partial charge >= 0.3 is 0 Å². The van der Waals surface area contributed by atoms with Gasteiger partial charge in [0, 0.05) is 31.1 Å². The fourth-order valence-electron chi connectivity index (χ4n) is 2.87. The summed E-state index contributed by atoms with van der Waals surface area (Å²) in [4.78, 5) is 18.2. The molecule has 1 aromatic heterocycles. The Labute approximate surface area is 113 Å². The monoisotopic (exact) mass is 260 g/mol. The van der Waals surface area contributed by atoms with Crippen molar-refractivity contribution in [1.29, 1.82) is 0 Å². The molecule has 1 aliphatic heterocycles. The van der Waals surface area contributed by atoms with Crippen LogP contribution >= 0.6 is 0 Å². The van der Waals surface area contributed by atoms with Gasteiger partial charge in [-0.15, -0.1) is 0 Å². The van der Waals surface area contributed by atoms with Crippen molar-refractivity contribution in [2.75, 3.05) is 24.6 Å². The molecule has 0 aromatic carbocycles. The van der Waals surface area contributed by atoms with E-state index in [1.807, 2.05) is 18.0 Å². The Hall–Kier alpha value is -1.78. The number of carbonyl (C=O) groups is 1. The van der Waals surface area contributed by atoms with Crippen molar-refractivity contribution in [3.63, 3.8) is 0 Å². The quantitative estimate of drug-likeness (QED) is 0.838. The van der Waals surface area contributed by atoms with Gasteiger partial charge in [0.25, 0.3) is 0 Å². The summed E-state index contributed by atoms with van der Waals surface area (Å²) in [5.74, 6) is 1.37. The fraction of sp³-hybridized carbons (Fsp3) is 0.571. The summed E-state index contributed by atoms with van der Waals surface area (Å²) >= 11 is 0. The van der Waals surface area contributed by atoms with Gasteiger partial charge in [0.1, 0.15) is 5.82 Å². The number of likely N-dealkylation sites (tertiary alicyclic amines) is 1. The van der Waals surface area contributed by atoms with E-state index in [0.717, 1.165) is 43.5 Å². The highest BCUT2D eigenvalue weighted by atomic mass is 16.2. The minimum atomic E-state index is 0.300. The number of nitrogen functional groups attached to an aromatic ring is 2. The minimum Gasteiger partial charge on any atom is -0.396 e. The molecule has 1 saturated carbocycles. The van der Waals surface area contributed by atoms with Gasteiger partial charge in [-0.05, 0) is 37.3 Å². The molecule has 1 atom stereocenters. The average molecular weight is 260 g/mol. The zero-order chi connectivity index (χ0) is 13.6. The van der Waals surface area contributed by atoms with Crippen molar-refractivity contribution in [2.45, 2.75) is 32.1 Å². The second kappa shape index (κ2) is 4.40. The van der Waals surface area contributed by atoms with Crippen molar-refractivity contribution >= 4 is 17.4 Å². The number of hydrogen-bond donors (Lipinski definition) is 2. The molecule has 2 heterocycles. The number of aromatic nitrogens is 1. The number of hydrogen-bond acceptors (Lipinski definition) is 4. The lowest BCUT2D eigenvalue weighted by atomic mass is 9.95. The van der Waals surface area contributed by atoms with E-state index in [1.54, 1.807) is 0 Å². The van der Waals surface area contributed by atoms with Crippen LogP contribution in [0.2, 0.25) is 0 Å². The lowest BCUT2D eigenvalue weighted by Gasteiger charge is -2.18. The third-order valence-corrected chi connectivity index (χ3v) is 4.32. The first-order valence-corrected chi connectivity index (χ1v) is 6.87. The Kier molecular flexibility index (Phi) is 2.84. The van der Waals surface area contributed by atoms with Crippen molar-refractivity contribution in [3.05, 3.63) is 17.3 Å². The zero-order valence-electron chi connectivity index (χ0n) is 11.2. The Morgan fingerprint density at radius 1 is 1.37 bits per heavy atom. The van der Waals surface area contributed by atoms with Crippen LogP contribution in [-0.2, 0) is 4.79 Å². The molecule has 5 nitrogen and oxygen atoms in total. The van der Waals surface area contributed by atoms with Crippen molar-refractivity contribution in [1.82, 2.24) is 9.88 Å². The minimum absolute atomic E-state index is 0.300. The standard InChI is InChI=1S/C14H20N4O/c1-8-11(6-17-13(16)12(8)15)10-4-5-18(7-10)14(19)9-2-3-9/h6,9-10H,2-5,7,15H2,1H3,(H2,16,17). The molecule has 102 valence electrons. The second-order valence-corrected chi connectivity index (χ2v) is 5.68. The predicted octanol–water partition coefficient (Wildman–Crippen LogP) is 1.28. The number of anilines is 2. The fourth-order valence-corrected chi connectivity index (χ4v) is 2.87. The molecule has 19 heavy (non-hydrogen) atoms. The Bertz CT molecular complexity index is 524. The summed E-state index contributed by atoms with van der Waals surface area (Å²) in [6.07, 6.45) is 4.94. The number of amides is 1. The van der Waals surface area contributed by atoms with Gasteiger partial charge in [-0.25, -0.2) is 4.98 Å². The largest absolute Gasteiger partial charge is 0.396 e. The SMILES string of the molecule is Cc1c(C2CCN(C(=O)C3CC3)C2)cnc(N)c1N. The van der Waals surface area contributed by atoms with E-state index in [1.165, 1.54) is 0 Å². The van der Waals surface area contributed by atoms with Crippen LogP contribution in [0.15, 0.2) is 6.20 Å². The van der Waals surface area contributed by atoms with Gasteiger partial charge < -0.3 is 16.4 Å². The van der Waals surface area contributed by atoms with E-state index < -0.39 is 0 Å². The smallest absolute Gasteiger partial charge is 0.225 e. The maximum atomic E-state index is 12.1. The molecule has 1 amide bonds. The van der Waals surface area contributed by atoms with Crippen LogP contribution in [0.5, 0.6) is 0 Å². The van der Waals surface area contributed by atoms with Crippen LogP contribution < -0.4 is 11.5 Å². The van der Waals surface area contributed by atoms with Gasteiger partial charge in [0.05, 0.1) is 5.69 Å². The first-order chi connectivity index (χ1) is 9.08. The van der Waals surface area contributed by atoms with E-state index in [-0.39, 0.29) is 0 Å². The maximum absolute atomic E-state index is 12.1. The predicted molar refractivity (Wildman–Crippen MR) is 74.5 cm³/mol. The summed E-state index contributed by atoms with van der Waals surface area (Å²) in [5, 5.41) is 0. The molecule has 1 aliphatic carbocycles. The van der Waals surface area contributed by atoms with E-state index in [0.29, 0.717) is 29.2 Å². The lowest BCUT2D eigenvalue weighted by Crippen LogP contribution is -2.29. The molecule has 5 heteroatoms. The van der Waals surface area contributed by atoms with Gasteiger partial charge in [0.15, 0.2) is 0 Å². The van der Waals surface area contributed by atoms with Crippen LogP contribution in [0.25, 0.3) is 0 Å². The summed E-state index contributed by atoms with van der Waals surface area (Å²) in [5.41, 5.74) is 14.4. The summed E-state index contributed by atoms with van der Waals surface area (Å²) in [6.45, 7) is 3.62. The lowest BCUT2D eigenvalue weighted by molar-refractivity contribution is -0.131. The van der Waals surface area contributed by atoms with Crippen LogP contribution in [0, 0.1) is 12.8 Å². The Morgan fingerprint density at radius 2 is 2.11 bits per heavy atom. The zero-order valence-corrected chi connectivity index (χ0v) is 11.2. The molecule has 0 radical (unpaired) electrons. The first kappa shape index (κ1) is 12.3. The van der Waals surface area contributed by atoms with Gasteiger partial charge in [0.2, 0.25) is 5.91 Å². The van der Waals surface area contributed by atoms with E-state index in [9.17, 15) is 4.79 Å². The van der Waals surface area contributed by atoms with E-state index in [4.69, 9.17) is 11.5 Å². The number of nitrogens with zero attached hydrogens (tertiary/aromatic N) is 2. The molecule has 4 N–H and O–H groups in total. The highest BCUT2D eigenvalue weighted by molar-refractivity contribution is 5.81. The maximum Gasteiger partial charge on any atom is 0.225 e. The van der Waals surface area contributed by atoms with Crippen LogP contribution in [0.1, 0.15) is 36.3 Å². The topological polar surface area (TPSA) is 85.2 Å². The van der Waals surface area contributed by atoms with Crippen LogP contribution in [0.4, 0.5) is 11.5 Å². The van der Waals surface area contributed by atoms with Crippen molar-refractivity contribution in [2.24, 2.45) is 5.92 Å². The number of nitrogens with two attached hydrogens (primary N) is 2. The van der Waals surface area contributed by atoms with Crippen molar-refractivity contribution < 1.29 is 4.79 Å². The second-order valence-electron chi connectivity index (χ2n) is 5.68. The number of rotatable bonds is 2. The molecule has 2 fully saturated rings. The molecular weight excluding hydrogens is 240 g/mol. The number of pyridine rings is 1. The molecule has 1 unspecified atom stereocenters. The summed E-state index contributed by atoms with van der Waals surface area (Å²) < 4.78 is 0. The molecule has 0 bridgehead atoms. The van der Waals surface area contributed by atoms with E-state index in [2.05, 4.69) is 4.98 Å². The Morgan fingerprint density at radius 3 is 2.79 bits per heavy atom. The molecule has 1 saturated heterocycles. The highest BCUT2D eigenvalue weighted by Gasteiger charge is 2.37. The van der Waals surface area contributed by atoms with Gasteiger partial charge in [-0.1, -0.05) is 0 Å². The van der Waals surface area contributed by atoms with Crippen LogP contribution in [-0.4, -0.2) is 28.9 Å². The van der Waals surface area contributed by atoms with Gasteiger partial charge in [-0.2, -0.15) is 0 Å². The molecular formula is C14H20N4O. The molecule has 0 spiro atoms. The van der Waals surface area contributed by atoms with E-state index >= 15 is 0 Å². The Balaban J connectivity index is 1.77. The normalized spacial score (nSPS) is 22.8. The average Bonchev–Trinajstić information content (AvgIpc) is 3.14. The van der Waals surface area contributed by atoms with Crippen LogP contribution in [0.3, 0.4) is 0 Å². The molecule has 3 rings (SSSR count). The third-order valence-electron chi connectivity index (χ3n) is 4.32. The summed E-state index contributed by atoms with van der Waals surface area (Å²) in [6, 6.07) is 0. The summed E-state index contributed by atoms with van der Waals surface area (Å²) in [7, 11) is 0. The van der Waals surface area contributed by atoms with Crippen molar-refractivity contribution in [3.8, 4) is 0 Å². The third kappa shape index (κ3) is 2.13.